The van der Waals surface area contributed by atoms with Gasteiger partial charge in [0.1, 0.15) is 0 Å². The maximum absolute atomic E-state index is 13.0. The molecule has 1 aliphatic rings. The van der Waals surface area contributed by atoms with Gasteiger partial charge >= 0.3 is 0 Å². The Morgan fingerprint density at radius 1 is 1.12 bits per heavy atom. The summed E-state index contributed by atoms with van der Waals surface area (Å²) in [5.74, 6) is -0.272. The largest absolute Gasteiger partial charge is 0.396 e. The molecule has 0 spiro atoms. The van der Waals surface area contributed by atoms with Gasteiger partial charge in [0.15, 0.2) is 0 Å². The molecule has 130 valence electrons. The Labute approximate surface area is 154 Å². The first-order chi connectivity index (χ1) is 12.0. The van der Waals surface area contributed by atoms with E-state index in [0.717, 1.165) is 10.6 Å². The second-order valence-electron chi connectivity index (χ2n) is 5.61. The minimum atomic E-state index is -0.329. The highest BCUT2D eigenvalue weighted by Crippen LogP contribution is 2.39. The highest BCUT2D eigenvalue weighted by molar-refractivity contribution is 8.04. The van der Waals surface area contributed by atoms with Gasteiger partial charge in [-0.1, -0.05) is 6.07 Å². The summed E-state index contributed by atoms with van der Waals surface area (Å²) in [6.07, 6.45) is 0. The summed E-state index contributed by atoms with van der Waals surface area (Å²) in [5.41, 5.74) is 1.97. The Morgan fingerprint density at radius 3 is 2.40 bits per heavy atom. The van der Waals surface area contributed by atoms with Crippen LogP contribution in [0, 0.1) is 0 Å². The van der Waals surface area contributed by atoms with E-state index in [2.05, 4.69) is 0 Å². The van der Waals surface area contributed by atoms with Crippen LogP contribution in [-0.4, -0.2) is 43.4 Å². The van der Waals surface area contributed by atoms with Crippen molar-refractivity contribution in [2.75, 3.05) is 36.3 Å². The van der Waals surface area contributed by atoms with Crippen LogP contribution >= 0.6 is 23.1 Å². The third-order valence-electron chi connectivity index (χ3n) is 3.77. The number of hydrogen-bond donors (Lipinski definition) is 1. The Morgan fingerprint density at radius 2 is 1.84 bits per heavy atom. The molecule has 0 saturated carbocycles. The van der Waals surface area contributed by atoms with Crippen LogP contribution < -0.4 is 9.80 Å². The Balaban J connectivity index is 1.98. The average molecular weight is 374 g/mol. The van der Waals surface area contributed by atoms with Crippen LogP contribution in [0.1, 0.15) is 4.88 Å². The molecule has 0 bridgehead atoms. The number of aliphatic hydroxyl groups excluding tert-OH is 1. The fraction of sp³-hybridized carbons (Fsp3) is 0.222. The van der Waals surface area contributed by atoms with Gasteiger partial charge in [-0.15, -0.1) is 23.1 Å². The van der Waals surface area contributed by atoms with Gasteiger partial charge in [-0.25, -0.2) is 4.90 Å². The number of carbonyl (C=O) groups excluding carboxylic acids is 2. The molecular weight excluding hydrogens is 356 g/mol. The van der Waals surface area contributed by atoms with Crippen LogP contribution in [0.15, 0.2) is 46.7 Å². The molecular formula is C18H18N2O3S2. The summed E-state index contributed by atoms with van der Waals surface area (Å²) < 4.78 is 0. The van der Waals surface area contributed by atoms with Gasteiger partial charge < -0.3 is 10.0 Å². The zero-order valence-electron chi connectivity index (χ0n) is 13.9. The summed E-state index contributed by atoms with van der Waals surface area (Å²) in [6, 6.07) is 11.0. The number of nitrogens with zero attached hydrogens (tertiary/aromatic N) is 2. The maximum Gasteiger partial charge on any atom is 0.272 e. The number of imide groups is 1. The molecule has 2 heterocycles. The van der Waals surface area contributed by atoms with Crippen LogP contribution in [0.5, 0.6) is 0 Å². The van der Waals surface area contributed by atoms with Crippen molar-refractivity contribution in [1.29, 1.82) is 0 Å². The Hall–Kier alpha value is -2.09. The van der Waals surface area contributed by atoms with Crippen LogP contribution in [-0.2, 0) is 9.59 Å². The lowest BCUT2D eigenvalue weighted by molar-refractivity contribution is -0.119. The fourth-order valence-electron chi connectivity index (χ4n) is 2.56. The van der Waals surface area contributed by atoms with Gasteiger partial charge in [0.25, 0.3) is 11.8 Å². The molecule has 7 heteroatoms. The maximum atomic E-state index is 13.0. The summed E-state index contributed by atoms with van der Waals surface area (Å²) in [7, 11) is 3.86. The molecule has 2 amide bonds. The number of anilines is 2. The molecule has 5 nitrogen and oxygen atoms in total. The van der Waals surface area contributed by atoms with Gasteiger partial charge in [0.2, 0.25) is 0 Å². The standard InChI is InChI=1S/C18H18N2O3S2/c1-19(2)12-5-7-13(8-6-12)20-17(22)15(14-4-3-10-24-14)16(18(20)23)25-11-9-21/h3-8,10,21H,9,11H2,1-2H3. The molecule has 2 aromatic rings. The predicted molar refractivity (Wildman–Crippen MR) is 104 cm³/mol. The molecule has 1 aliphatic heterocycles. The van der Waals surface area contributed by atoms with Gasteiger partial charge in [-0.2, -0.15) is 0 Å². The van der Waals surface area contributed by atoms with E-state index in [1.54, 1.807) is 12.1 Å². The van der Waals surface area contributed by atoms with E-state index in [-0.39, 0.29) is 18.4 Å². The minimum Gasteiger partial charge on any atom is -0.396 e. The Bertz CT molecular complexity index is 811. The van der Waals surface area contributed by atoms with Gasteiger partial charge in [-0.05, 0) is 35.7 Å². The molecule has 0 fully saturated rings. The quantitative estimate of drug-likeness (QED) is 0.788. The summed E-state index contributed by atoms with van der Waals surface area (Å²) in [6.45, 7) is -0.0507. The lowest BCUT2D eigenvalue weighted by atomic mass is 10.2. The molecule has 1 N–H and O–H groups in total. The highest BCUT2D eigenvalue weighted by atomic mass is 32.2. The molecule has 0 aliphatic carbocycles. The number of benzene rings is 1. The monoisotopic (exact) mass is 374 g/mol. The second kappa shape index (κ2) is 7.43. The third-order valence-corrected chi connectivity index (χ3v) is 5.71. The van der Waals surface area contributed by atoms with Crippen molar-refractivity contribution < 1.29 is 14.7 Å². The number of rotatable bonds is 6. The van der Waals surface area contributed by atoms with Crippen molar-refractivity contribution in [2.24, 2.45) is 0 Å². The van der Waals surface area contributed by atoms with Crippen molar-refractivity contribution >= 4 is 51.9 Å². The van der Waals surface area contributed by atoms with Crippen molar-refractivity contribution in [3.63, 3.8) is 0 Å². The van der Waals surface area contributed by atoms with Crippen LogP contribution in [0.4, 0.5) is 11.4 Å². The first-order valence-electron chi connectivity index (χ1n) is 7.72. The lowest BCUT2D eigenvalue weighted by Gasteiger charge is -2.17. The smallest absolute Gasteiger partial charge is 0.272 e. The van der Waals surface area contributed by atoms with E-state index >= 15 is 0 Å². The topological polar surface area (TPSA) is 60.9 Å². The van der Waals surface area contributed by atoms with E-state index in [9.17, 15) is 9.59 Å². The number of thiophene rings is 1. The first-order valence-corrected chi connectivity index (χ1v) is 9.59. The zero-order valence-corrected chi connectivity index (χ0v) is 15.6. The van der Waals surface area contributed by atoms with Crippen LogP contribution in [0.2, 0.25) is 0 Å². The fourth-order valence-corrected chi connectivity index (χ4v) is 4.25. The van der Waals surface area contributed by atoms with Crippen molar-refractivity contribution in [3.8, 4) is 0 Å². The van der Waals surface area contributed by atoms with Crippen molar-refractivity contribution in [1.82, 2.24) is 0 Å². The molecule has 0 saturated heterocycles. The molecule has 0 atom stereocenters. The predicted octanol–water partition coefficient (Wildman–Crippen LogP) is 2.82. The van der Waals surface area contributed by atoms with E-state index in [1.807, 2.05) is 48.6 Å². The second-order valence-corrected chi connectivity index (χ2v) is 7.66. The van der Waals surface area contributed by atoms with Crippen molar-refractivity contribution in [3.05, 3.63) is 51.6 Å². The number of aliphatic hydroxyl groups is 1. The normalized spacial score (nSPS) is 14.6. The first kappa shape index (κ1) is 17.7. The molecule has 1 aromatic heterocycles. The molecule has 0 unspecified atom stereocenters. The van der Waals surface area contributed by atoms with E-state index in [0.29, 0.717) is 21.9 Å². The third kappa shape index (κ3) is 3.35. The van der Waals surface area contributed by atoms with E-state index in [1.165, 1.54) is 28.0 Å². The zero-order chi connectivity index (χ0) is 18.0. The minimum absolute atomic E-state index is 0.0507. The lowest BCUT2D eigenvalue weighted by Crippen LogP contribution is -2.31. The molecule has 25 heavy (non-hydrogen) atoms. The van der Waals surface area contributed by atoms with Gasteiger partial charge in [-0.3, -0.25) is 9.59 Å². The number of carbonyl (C=O) groups is 2. The number of thioether (sulfide) groups is 1. The van der Waals surface area contributed by atoms with Crippen molar-refractivity contribution in [2.45, 2.75) is 0 Å². The number of amides is 2. The summed E-state index contributed by atoms with van der Waals surface area (Å²) in [4.78, 5) is 30.2. The molecule has 3 rings (SSSR count). The Kier molecular flexibility index (Phi) is 5.27. The summed E-state index contributed by atoms with van der Waals surface area (Å²) >= 11 is 2.65. The molecule has 1 aromatic carbocycles. The van der Waals surface area contributed by atoms with Crippen LogP contribution in [0.3, 0.4) is 0 Å². The molecule has 0 radical (unpaired) electrons. The number of hydrogen-bond acceptors (Lipinski definition) is 6. The average Bonchev–Trinajstić information content (AvgIpc) is 3.20. The van der Waals surface area contributed by atoms with Crippen LogP contribution in [0.25, 0.3) is 5.57 Å². The van der Waals surface area contributed by atoms with E-state index in [4.69, 9.17) is 5.11 Å². The SMILES string of the molecule is CN(C)c1ccc(N2C(=O)C(SCCO)=C(c3cccs3)C2=O)cc1. The highest BCUT2D eigenvalue weighted by Gasteiger charge is 2.40. The summed E-state index contributed by atoms with van der Waals surface area (Å²) in [5, 5.41) is 11.0. The van der Waals surface area contributed by atoms with Gasteiger partial charge in [0, 0.05) is 30.4 Å². The van der Waals surface area contributed by atoms with Gasteiger partial charge in [0.05, 0.1) is 22.8 Å². The van der Waals surface area contributed by atoms with E-state index < -0.39 is 0 Å².